The monoisotopic (exact) mass is 387 g/mol. The van der Waals surface area contributed by atoms with Crippen LogP contribution >= 0.6 is 11.3 Å². The molecule has 4 rings (SSSR count). The Hall–Kier alpha value is -2.28. The fourth-order valence-corrected chi connectivity index (χ4v) is 5.04. The lowest BCUT2D eigenvalue weighted by Crippen LogP contribution is -2.43. The number of halogens is 1. The maximum absolute atomic E-state index is 13.3. The third-order valence-electron chi connectivity index (χ3n) is 5.64. The van der Waals surface area contributed by atoms with E-state index in [0.717, 1.165) is 10.7 Å². The van der Waals surface area contributed by atoms with Gasteiger partial charge in [-0.3, -0.25) is 9.69 Å². The molecule has 1 aliphatic carbocycles. The summed E-state index contributed by atoms with van der Waals surface area (Å²) in [5.41, 5.74) is 0.198. The van der Waals surface area contributed by atoms with Gasteiger partial charge in [-0.05, 0) is 37.0 Å². The molecule has 0 radical (unpaired) electrons. The quantitative estimate of drug-likeness (QED) is 0.778. The van der Waals surface area contributed by atoms with Gasteiger partial charge in [0, 0.05) is 11.3 Å². The van der Waals surface area contributed by atoms with Crippen LogP contribution in [0.2, 0.25) is 0 Å². The molecule has 1 atom stereocenters. The predicted octanol–water partition coefficient (Wildman–Crippen LogP) is 4.30. The van der Waals surface area contributed by atoms with E-state index in [9.17, 15) is 14.0 Å². The largest absolute Gasteiger partial charge is 0.325 e. The SMILES string of the molecule is CCC1(c2ccc(F)cc2)NC(=O)N(Cc2csc(C3CCCC3)n2)C1=O. The molecule has 1 aromatic carbocycles. The lowest BCUT2D eigenvalue weighted by atomic mass is 9.87. The molecule has 5 nitrogen and oxygen atoms in total. The van der Waals surface area contributed by atoms with Crippen molar-refractivity contribution in [2.24, 2.45) is 0 Å². The number of hydrogen-bond donors (Lipinski definition) is 1. The molecule has 2 aliphatic rings. The van der Waals surface area contributed by atoms with Gasteiger partial charge in [0.1, 0.15) is 11.4 Å². The van der Waals surface area contributed by atoms with Gasteiger partial charge in [0.25, 0.3) is 5.91 Å². The van der Waals surface area contributed by atoms with Crippen LogP contribution in [0, 0.1) is 5.82 Å². The van der Waals surface area contributed by atoms with E-state index in [1.807, 2.05) is 12.3 Å². The summed E-state index contributed by atoms with van der Waals surface area (Å²) in [7, 11) is 0. The molecule has 1 aromatic heterocycles. The third kappa shape index (κ3) is 3.14. The first-order valence-electron chi connectivity index (χ1n) is 9.38. The number of carbonyl (C=O) groups is 2. The summed E-state index contributed by atoms with van der Waals surface area (Å²) in [5, 5.41) is 5.87. The van der Waals surface area contributed by atoms with E-state index >= 15 is 0 Å². The third-order valence-corrected chi connectivity index (χ3v) is 6.69. The van der Waals surface area contributed by atoms with E-state index in [1.54, 1.807) is 23.5 Å². The minimum Gasteiger partial charge on any atom is -0.319 e. The number of urea groups is 1. The van der Waals surface area contributed by atoms with Crippen molar-refractivity contribution >= 4 is 23.3 Å². The van der Waals surface area contributed by atoms with Crippen LogP contribution in [0.3, 0.4) is 0 Å². The van der Waals surface area contributed by atoms with Gasteiger partial charge in [-0.15, -0.1) is 11.3 Å². The average molecular weight is 387 g/mol. The van der Waals surface area contributed by atoms with Crippen LogP contribution in [-0.2, 0) is 16.9 Å². The molecule has 7 heteroatoms. The summed E-state index contributed by atoms with van der Waals surface area (Å²) >= 11 is 1.61. The van der Waals surface area contributed by atoms with Crippen LogP contribution in [0.15, 0.2) is 29.6 Å². The highest BCUT2D eigenvalue weighted by molar-refractivity contribution is 7.09. The zero-order chi connectivity index (χ0) is 19.0. The molecule has 1 saturated carbocycles. The second kappa shape index (κ2) is 7.03. The minimum absolute atomic E-state index is 0.164. The molecule has 2 fully saturated rings. The first kappa shape index (κ1) is 18.1. The highest BCUT2D eigenvalue weighted by Gasteiger charge is 2.51. The Morgan fingerprint density at radius 1 is 1.26 bits per heavy atom. The summed E-state index contributed by atoms with van der Waals surface area (Å²) in [6, 6.07) is 5.30. The summed E-state index contributed by atoms with van der Waals surface area (Å²) in [6.07, 6.45) is 5.20. The van der Waals surface area contributed by atoms with Gasteiger partial charge in [-0.1, -0.05) is 31.9 Å². The number of rotatable bonds is 5. The molecule has 0 spiro atoms. The minimum atomic E-state index is -1.14. The number of nitrogens with zero attached hydrogens (tertiary/aromatic N) is 2. The Morgan fingerprint density at radius 2 is 1.96 bits per heavy atom. The zero-order valence-electron chi connectivity index (χ0n) is 15.2. The molecule has 2 aromatic rings. The van der Waals surface area contributed by atoms with Crippen molar-refractivity contribution in [1.82, 2.24) is 15.2 Å². The highest BCUT2D eigenvalue weighted by atomic mass is 32.1. The van der Waals surface area contributed by atoms with Crippen molar-refractivity contribution in [3.8, 4) is 0 Å². The van der Waals surface area contributed by atoms with E-state index < -0.39 is 11.6 Å². The molecule has 1 N–H and O–H groups in total. The van der Waals surface area contributed by atoms with Crippen molar-refractivity contribution in [2.75, 3.05) is 0 Å². The molecule has 1 unspecified atom stereocenters. The molecule has 27 heavy (non-hydrogen) atoms. The number of carbonyl (C=O) groups excluding carboxylic acids is 2. The highest BCUT2D eigenvalue weighted by Crippen LogP contribution is 2.37. The standard InChI is InChI=1S/C20H22FN3O2S/c1-2-20(14-7-9-15(21)10-8-14)18(25)24(19(26)23-20)11-16-12-27-17(22-16)13-5-3-4-6-13/h7-10,12-13H,2-6,11H2,1H3,(H,23,26). The summed E-state index contributed by atoms with van der Waals surface area (Å²) in [4.78, 5) is 31.6. The smallest absolute Gasteiger partial charge is 0.319 e. The number of benzene rings is 1. The van der Waals surface area contributed by atoms with Crippen molar-refractivity contribution in [2.45, 2.75) is 57.0 Å². The number of nitrogens with one attached hydrogen (secondary N) is 1. The normalized spacial score (nSPS) is 23.3. The number of thiazole rings is 1. The first-order chi connectivity index (χ1) is 13.0. The van der Waals surface area contributed by atoms with E-state index in [-0.39, 0.29) is 18.3 Å². The average Bonchev–Trinajstić information content (AvgIpc) is 3.39. The van der Waals surface area contributed by atoms with Gasteiger partial charge < -0.3 is 5.32 Å². The van der Waals surface area contributed by atoms with Crippen molar-refractivity contribution in [3.05, 3.63) is 51.7 Å². The number of hydrogen-bond acceptors (Lipinski definition) is 4. The Bertz CT molecular complexity index is 860. The van der Waals surface area contributed by atoms with Crippen LogP contribution in [0.1, 0.15) is 61.2 Å². The lowest BCUT2D eigenvalue weighted by Gasteiger charge is -2.25. The number of amides is 3. The maximum atomic E-state index is 13.3. The van der Waals surface area contributed by atoms with Crippen molar-refractivity contribution in [1.29, 1.82) is 0 Å². The molecule has 142 valence electrons. The number of aromatic nitrogens is 1. The molecule has 3 amide bonds. The molecule has 0 bridgehead atoms. The molecule has 1 saturated heterocycles. The van der Waals surface area contributed by atoms with E-state index in [1.165, 1.54) is 42.7 Å². The molecule has 1 aliphatic heterocycles. The van der Waals surface area contributed by atoms with E-state index in [4.69, 9.17) is 0 Å². The van der Waals surface area contributed by atoms with Gasteiger partial charge in [-0.25, -0.2) is 14.2 Å². The van der Waals surface area contributed by atoms with E-state index in [2.05, 4.69) is 10.3 Å². The fraction of sp³-hybridized carbons (Fsp3) is 0.450. The van der Waals surface area contributed by atoms with Crippen molar-refractivity contribution < 1.29 is 14.0 Å². The van der Waals surface area contributed by atoms with E-state index in [0.29, 0.717) is 17.9 Å². The maximum Gasteiger partial charge on any atom is 0.325 e. The van der Waals surface area contributed by atoms with Crippen LogP contribution in [-0.4, -0.2) is 21.8 Å². The van der Waals surface area contributed by atoms with Gasteiger partial charge in [-0.2, -0.15) is 0 Å². The summed E-state index contributed by atoms with van der Waals surface area (Å²) in [5.74, 6) is -0.168. The molecular weight excluding hydrogens is 365 g/mol. The van der Waals surface area contributed by atoms with Gasteiger partial charge >= 0.3 is 6.03 Å². The lowest BCUT2D eigenvalue weighted by molar-refractivity contribution is -0.132. The first-order valence-corrected chi connectivity index (χ1v) is 10.3. The van der Waals surface area contributed by atoms with Gasteiger partial charge in [0.15, 0.2) is 0 Å². The Kier molecular flexibility index (Phi) is 4.72. The zero-order valence-corrected chi connectivity index (χ0v) is 16.0. The van der Waals surface area contributed by atoms with Crippen LogP contribution < -0.4 is 5.32 Å². The molecular formula is C20H22FN3O2S. The van der Waals surface area contributed by atoms with Crippen LogP contribution in [0.5, 0.6) is 0 Å². The molecule has 2 heterocycles. The van der Waals surface area contributed by atoms with Gasteiger partial charge in [0.05, 0.1) is 17.2 Å². The Labute approximate surface area is 161 Å². The topological polar surface area (TPSA) is 62.3 Å². The summed E-state index contributed by atoms with van der Waals surface area (Å²) in [6.45, 7) is 2.00. The van der Waals surface area contributed by atoms with Crippen LogP contribution in [0.25, 0.3) is 0 Å². The second-order valence-electron chi connectivity index (χ2n) is 7.25. The predicted molar refractivity (Wildman–Crippen MR) is 101 cm³/mol. The fourth-order valence-electron chi connectivity index (χ4n) is 4.06. The Morgan fingerprint density at radius 3 is 2.63 bits per heavy atom. The second-order valence-corrected chi connectivity index (χ2v) is 8.14. The van der Waals surface area contributed by atoms with Crippen LogP contribution in [0.4, 0.5) is 9.18 Å². The Balaban J connectivity index is 1.56. The number of imide groups is 1. The van der Waals surface area contributed by atoms with Crippen molar-refractivity contribution in [3.63, 3.8) is 0 Å². The van der Waals surface area contributed by atoms with Gasteiger partial charge in [0.2, 0.25) is 0 Å². The summed E-state index contributed by atoms with van der Waals surface area (Å²) < 4.78 is 13.3.